The summed E-state index contributed by atoms with van der Waals surface area (Å²) in [5.41, 5.74) is 1.70. The van der Waals surface area contributed by atoms with Gasteiger partial charge in [-0.05, 0) is 43.5 Å². The molecule has 7 nitrogen and oxygen atoms in total. The summed E-state index contributed by atoms with van der Waals surface area (Å²) in [4.78, 5) is 19.0. The lowest BCUT2D eigenvalue weighted by atomic mass is 10.2. The lowest BCUT2D eigenvalue weighted by molar-refractivity contribution is 0.0786. The molecule has 3 aromatic rings. The highest BCUT2D eigenvalue weighted by Crippen LogP contribution is 2.39. The Bertz CT molecular complexity index is 983. The summed E-state index contributed by atoms with van der Waals surface area (Å²) in [6.45, 7) is 1.37. The Labute approximate surface area is 163 Å². The van der Waals surface area contributed by atoms with Gasteiger partial charge >= 0.3 is 0 Å². The van der Waals surface area contributed by atoms with E-state index in [1.54, 1.807) is 18.3 Å². The molecule has 1 aromatic carbocycles. The zero-order valence-corrected chi connectivity index (χ0v) is 15.4. The molecular weight excluding hydrogens is 354 g/mol. The Morgan fingerprint density at radius 3 is 2.86 bits per heavy atom. The Morgan fingerprint density at radius 1 is 1.11 bits per heavy atom. The number of carbonyl (C=O) groups is 1. The highest BCUT2D eigenvalue weighted by Gasteiger charge is 2.31. The number of pyridine rings is 1. The van der Waals surface area contributed by atoms with Crippen LogP contribution >= 0.6 is 0 Å². The summed E-state index contributed by atoms with van der Waals surface area (Å²) < 4.78 is 7.68. The van der Waals surface area contributed by atoms with Gasteiger partial charge < -0.3 is 9.64 Å². The van der Waals surface area contributed by atoms with E-state index in [-0.39, 0.29) is 11.9 Å². The molecule has 0 radical (unpaired) electrons. The van der Waals surface area contributed by atoms with E-state index in [0.29, 0.717) is 36.2 Å². The third-order valence-corrected chi connectivity index (χ3v) is 5.29. The minimum Gasteiger partial charge on any atom is -0.439 e. The highest BCUT2D eigenvalue weighted by atomic mass is 16.5. The molecule has 28 heavy (non-hydrogen) atoms. The van der Waals surface area contributed by atoms with Crippen LogP contribution in [0.1, 0.15) is 47.3 Å². The molecule has 0 N–H and O–H groups in total. The van der Waals surface area contributed by atoms with Gasteiger partial charge in [-0.25, -0.2) is 9.67 Å². The van der Waals surface area contributed by atoms with Gasteiger partial charge in [0.1, 0.15) is 5.75 Å². The molecule has 5 rings (SSSR count). The summed E-state index contributed by atoms with van der Waals surface area (Å²) in [5, 5.41) is 8.58. The van der Waals surface area contributed by atoms with Crippen molar-refractivity contribution in [2.75, 3.05) is 13.1 Å². The zero-order chi connectivity index (χ0) is 18.9. The molecule has 2 aromatic heterocycles. The molecule has 0 spiro atoms. The van der Waals surface area contributed by atoms with Crippen LogP contribution in [0.4, 0.5) is 0 Å². The summed E-state index contributed by atoms with van der Waals surface area (Å²) in [6.07, 6.45) is 7.05. The van der Waals surface area contributed by atoms with Crippen LogP contribution in [-0.4, -0.2) is 43.9 Å². The SMILES string of the molecule is O=C(c1cccc(Oc2ccccn2)c1)N1CCC(n2cc(C3CC3)nn2)C1. The lowest BCUT2D eigenvalue weighted by Gasteiger charge is -2.17. The fourth-order valence-electron chi connectivity index (χ4n) is 3.58. The largest absolute Gasteiger partial charge is 0.439 e. The first-order chi connectivity index (χ1) is 13.8. The standard InChI is InChI=1S/C21H21N5O2/c27-21(16-4-3-5-18(12-16)28-20-6-1-2-10-22-20)25-11-9-17(13-25)26-14-19(23-24-26)15-7-8-15/h1-6,10,12,14-15,17H,7-9,11,13H2. The summed E-state index contributed by atoms with van der Waals surface area (Å²) in [6, 6.07) is 12.9. The maximum absolute atomic E-state index is 13.0. The van der Waals surface area contributed by atoms with Crippen LogP contribution in [0, 0.1) is 0 Å². The summed E-state index contributed by atoms with van der Waals surface area (Å²) in [7, 11) is 0. The summed E-state index contributed by atoms with van der Waals surface area (Å²) >= 11 is 0. The molecule has 1 aliphatic carbocycles. The van der Waals surface area contributed by atoms with Crippen LogP contribution in [0.25, 0.3) is 0 Å². The van der Waals surface area contributed by atoms with Gasteiger partial charge in [-0.2, -0.15) is 0 Å². The Morgan fingerprint density at radius 2 is 2.04 bits per heavy atom. The van der Waals surface area contributed by atoms with Gasteiger partial charge in [-0.3, -0.25) is 4.79 Å². The van der Waals surface area contributed by atoms with Crippen LogP contribution < -0.4 is 4.74 Å². The Balaban J connectivity index is 1.26. The number of carbonyl (C=O) groups excluding carboxylic acids is 1. The fourth-order valence-corrected chi connectivity index (χ4v) is 3.58. The van der Waals surface area contributed by atoms with E-state index in [4.69, 9.17) is 4.74 Å². The lowest BCUT2D eigenvalue weighted by Crippen LogP contribution is -2.29. The van der Waals surface area contributed by atoms with Gasteiger partial charge in [0.05, 0.1) is 11.7 Å². The monoisotopic (exact) mass is 375 g/mol. The van der Waals surface area contributed by atoms with Crippen molar-refractivity contribution >= 4 is 5.91 Å². The Hall–Kier alpha value is -3.22. The number of rotatable bonds is 5. The molecule has 1 saturated heterocycles. The second-order valence-corrected chi connectivity index (χ2v) is 7.39. The van der Waals surface area contributed by atoms with E-state index in [9.17, 15) is 4.79 Å². The van der Waals surface area contributed by atoms with Crippen molar-refractivity contribution in [3.8, 4) is 11.6 Å². The molecule has 2 fully saturated rings. The van der Waals surface area contributed by atoms with Gasteiger partial charge in [-0.1, -0.05) is 17.3 Å². The molecule has 7 heteroatoms. The number of benzene rings is 1. The third-order valence-electron chi connectivity index (χ3n) is 5.29. The van der Waals surface area contributed by atoms with Gasteiger partial charge in [-0.15, -0.1) is 5.10 Å². The van der Waals surface area contributed by atoms with Crippen molar-refractivity contribution in [3.63, 3.8) is 0 Å². The third kappa shape index (κ3) is 3.47. The highest BCUT2D eigenvalue weighted by molar-refractivity contribution is 5.94. The molecular formula is C21H21N5O2. The van der Waals surface area contributed by atoms with Crippen molar-refractivity contribution in [1.29, 1.82) is 0 Å². The topological polar surface area (TPSA) is 73.1 Å². The molecule has 1 amide bonds. The number of nitrogens with zero attached hydrogens (tertiary/aromatic N) is 5. The average molecular weight is 375 g/mol. The Kier molecular flexibility index (Phi) is 4.27. The number of amides is 1. The van der Waals surface area contributed by atoms with E-state index < -0.39 is 0 Å². The summed E-state index contributed by atoms with van der Waals surface area (Å²) in [5.74, 6) is 1.71. The molecule has 0 bridgehead atoms. The van der Waals surface area contributed by atoms with Crippen molar-refractivity contribution < 1.29 is 9.53 Å². The fraction of sp³-hybridized carbons (Fsp3) is 0.333. The maximum Gasteiger partial charge on any atom is 0.254 e. The van der Waals surface area contributed by atoms with E-state index in [1.165, 1.54) is 12.8 Å². The molecule has 1 atom stereocenters. The van der Waals surface area contributed by atoms with Gasteiger partial charge in [0.25, 0.3) is 5.91 Å². The molecule has 2 aliphatic rings. The van der Waals surface area contributed by atoms with E-state index in [0.717, 1.165) is 12.1 Å². The molecule has 142 valence electrons. The molecule has 1 saturated carbocycles. The predicted octanol–water partition coefficient (Wildman–Crippen LogP) is 3.43. The minimum absolute atomic E-state index is 0.0107. The second-order valence-electron chi connectivity index (χ2n) is 7.39. The number of ether oxygens (including phenoxy) is 1. The predicted molar refractivity (Wildman–Crippen MR) is 102 cm³/mol. The van der Waals surface area contributed by atoms with Crippen molar-refractivity contribution in [1.82, 2.24) is 24.9 Å². The number of aromatic nitrogens is 4. The number of hydrogen-bond donors (Lipinski definition) is 0. The minimum atomic E-state index is 0.0107. The van der Waals surface area contributed by atoms with Gasteiger partial charge in [0.2, 0.25) is 5.88 Å². The second kappa shape index (κ2) is 7.07. The van der Waals surface area contributed by atoms with E-state index in [1.807, 2.05) is 39.9 Å². The van der Waals surface area contributed by atoms with Crippen LogP contribution in [-0.2, 0) is 0 Å². The maximum atomic E-state index is 13.0. The average Bonchev–Trinajstić information content (AvgIpc) is 3.26. The first kappa shape index (κ1) is 16.9. The van der Waals surface area contributed by atoms with E-state index >= 15 is 0 Å². The van der Waals surface area contributed by atoms with Crippen molar-refractivity contribution in [2.45, 2.75) is 31.2 Å². The van der Waals surface area contributed by atoms with Crippen molar-refractivity contribution in [2.24, 2.45) is 0 Å². The van der Waals surface area contributed by atoms with Crippen LogP contribution in [0.5, 0.6) is 11.6 Å². The zero-order valence-electron chi connectivity index (χ0n) is 15.4. The van der Waals surface area contributed by atoms with E-state index in [2.05, 4.69) is 21.5 Å². The van der Waals surface area contributed by atoms with Crippen LogP contribution in [0.2, 0.25) is 0 Å². The van der Waals surface area contributed by atoms with Crippen LogP contribution in [0.3, 0.4) is 0 Å². The normalized spacial score (nSPS) is 19.0. The van der Waals surface area contributed by atoms with Crippen molar-refractivity contribution in [3.05, 3.63) is 66.1 Å². The smallest absolute Gasteiger partial charge is 0.254 e. The quantitative estimate of drug-likeness (QED) is 0.683. The molecule has 1 aliphatic heterocycles. The molecule has 1 unspecified atom stereocenters. The number of likely N-dealkylation sites (tertiary alicyclic amines) is 1. The van der Waals surface area contributed by atoms with Crippen LogP contribution in [0.15, 0.2) is 54.9 Å². The number of hydrogen-bond acceptors (Lipinski definition) is 5. The van der Waals surface area contributed by atoms with Gasteiger partial charge in [0, 0.05) is 43.0 Å². The first-order valence-electron chi connectivity index (χ1n) is 9.66. The molecule has 3 heterocycles. The van der Waals surface area contributed by atoms with Gasteiger partial charge in [0.15, 0.2) is 0 Å². The first-order valence-corrected chi connectivity index (χ1v) is 9.66.